The van der Waals surface area contributed by atoms with E-state index < -0.39 is 0 Å². The van der Waals surface area contributed by atoms with Gasteiger partial charge in [-0.1, -0.05) is 25.2 Å². The number of fused-ring (bicyclic) bond motifs is 1. The van der Waals surface area contributed by atoms with Crippen molar-refractivity contribution in [2.75, 3.05) is 13.1 Å². The van der Waals surface area contributed by atoms with Crippen molar-refractivity contribution in [2.45, 2.75) is 32.6 Å². The van der Waals surface area contributed by atoms with E-state index in [9.17, 15) is 9.59 Å². The zero-order chi connectivity index (χ0) is 21.5. The number of halogens is 1. The van der Waals surface area contributed by atoms with Gasteiger partial charge in [0, 0.05) is 60.0 Å². The Kier molecular flexibility index (Phi) is 5.34. The van der Waals surface area contributed by atoms with Crippen LogP contribution in [0.4, 0.5) is 0 Å². The fraction of sp³-hybridized carbons (Fsp3) is 0.360. The molecule has 0 radical (unpaired) electrons. The van der Waals surface area contributed by atoms with Gasteiger partial charge in [0.05, 0.1) is 11.3 Å². The summed E-state index contributed by atoms with van der Waals surface area (Å²) in [6, 6.07) is 3.91. The minimum Gasteiger partial charge on any atom is -0.334 e. The maximum Gasteiger partial charge on any atom is 0.255 e. The SMILES string of the molecule is CC1CN(C(=O)c2cncc(Br)c2)CC=C1c1cc(CC(=O)C2CC2)nc2c1C=CC2. The second-order valence-electron chi connectivity index (χ2n) is 8.71. The first-order valence-electron chi connectivity index (χ1n) is 10.8. The van der Waals surface area contributed by atoms with E-state index in [-0.39, 0.29) is 17.7 Å². The molecule has 158 valence electrons. The number of carbonyl (C=O) groups excluding carboxylic acids is 2. The predicted octanol–water partition coefficient (Wildman–Crippen LogP) is 4.51. The van der Waals surface area contributed by atoms with Crippen molar-refractivity contribution in [3.63, 3.8) is 0 Å². The van der Waals surface area contributed by atoms with Crippen molar-refractivity contribution < 1.29 is 9.59 Å². The van der Waals surface area contributed by atoms with E-state index in [1.54, 1.807) is 12.4 Å². The lowest BCUT2D eigenvalue weighted by Gasteiger charge is -2.32. The Labute approximate surface area is 190 Å². The lowest BCUT2D eigenvalue weighted by atomic mass is 9.87. The molecule has 5 nitrogen and oxygen atoms in total. The topological polar surface area (TPSA) is 63.2 Å². The Balaban J connectivity index is 1.42. The Morgan fingerprint density at radius 2 is 2.06 bits per heavy atom. The normalized spacial score (nSPS) is 19.9. The van der Waals surface area contributed by atoms with Crippen molar-refractivity contribution in [3.8, 4) is 0 Å². The first-order valence-corrected chi connectivity index (χ1v) is 11.6. The van der Waals surface area contributed by atoms with Crippen molar-refractivity contribution in [2.24, 2.45) is 11.8 Å². The molecule has 0 N–H and O–H groups in total. The number of hydrogen-bond donors (Lipinski definition) is 0. The van der Waals surface area contributed by atoms with Crippen LogP contribution in [0, 0.1) is 11.8 Å². The number of allylic oxidation sites excluding steroid dienone is 1. The highest BCUT2D eigenvalue weighted by Gasteiger charge is 2.31. The van der Waals surface area contributed by atoms with E-state index >= 15 is 0 Å². The fourth-order valence-corrected chi connectivity index (χ4v) is 4.88. The zero-order valence-electron chi connectivity index (χ0n) is 17.5. The number of aromatic nitrogens is 2. The summed E-state index contributed by atoms with van der Waals surface area (Å²) in [5.74, 6) is 0.739. The minimum absolute atomic E-state index is 0.00785. The number of pyridine rings is 2. The summed E-state index contributed by atoms with van der Waals surface area (Å²) in [5.41, 5.74) is 6.09. The average molecular weight is 478 g/mol. The van der Waals surface area contributed by atoms with E-state index in [0.717, 1.165) is 40.7 Å². The van der Waals surface area contributed by atoms with Gasteiger partial charge in [0.2, 0.25) is 0 Å². The Bertz CT molecular complexity index is 1130. The quantitative estimate of drug-likeness (QED) is 0.635. The molecule has 3 aliphatic rings. The molecule has 5 rings (SSSR count). The lowest BCUT2D eigenvalue weighted by molar-refractivity contribution is -0.119. The molecule has 0 spiro atoms. The molecule has 1 saturated carbocycles. The third-order valence-corrected chi connectivity index (χ3v) is 6.71. The summed E-state index contributed by atoms with van der Waals surface area (Å²) in [4.78, 5) is 36.1. The molecule has 6 heteroatoms. The maximum absolute atomic E-state index is 13.0. The number of carbonyl (C=O) groups is 2. The third-order valence-electron chi connectivity index (χ3n) is 6.28. The molecule has 1 atom stereocenters. The number of nitrogens with zero attached hydrogens (tertiary/aromatic N) is 3. The molecular weight excluding hydrogens is 454 g/mol. The van der Waals surface area contributed by atoms with Crippen LogP contribution in [0.1, 0.15) is 52.6 Å². The number of hydrogen-bond acceptors (Lipinski definition) is 4. The molecular formula is C25H24BrN3O2. The molecule has 1 amide bonds. The molecule has 1 unspecified atom stereocenters. The van der Waals surface area contributed by atoms with E-state index in [2.05, 4.69) is 52.1 Å². The zero-order valence-corrected chi connectivity index (χ0v) is 19.1. The number of amides is 1. The highest BCUT2D eigenvalue weighted by molar-refractivity contribution is 9.10. The van der Waals surface area contributed by atoms with Gasteiger partial charge < -0.3 is 4.90 Å². The minimum atomic E-state index is -0.00785. The third kappa shape index (κ3) is 4.13. The van der Waals surface area contributed by atoms with Gasteiger partial charge in [-0.2, -0.15) is 0 Å². The van der Waals surface area contributed by atoms with Crippen molar-refractivity contribution in [3.05, 3.63) is 69.2 Å². The molecule has 31 heavy (non-hydrogen) atoms. The summed E-state index contributed by atoms with van der Waals surface area (Å²) < 4.78 is 0.798. The van der Waals surface area contributed by atoms with Crippen LogP contribution in [0.5, 0.6) is 0 Å². The summed E-state index contributed by atoms with van der Waals surface area (Å²) in [6.07, 6.45) is 13.0. The van der Waals surface area contributed by atoms with Gasteiger partial charge in [0.25, 0.3) is 5.91 Å². The number of ketones is 1. The summed E-state index contributed by atoms with van der Waals surface area (Å²) in [5, 5.41) is 0. The van der Waals surface area contributed by atoms with Crippen molar-refractivity contribution >= 4 is 39.3 Å². The van der Waals surface area contributed by atoms with Gasteiger partial charge in [0.15, 0.2) is 0 Å². The molecule has 2 aliphatic carbocycles. The first-order chi connectivity index (χ1) is 15.0. The molecule has 1 aliphatic heterocycles. The van der Waals surface area contributed by atoms with Crippen molar-refractivity contribution in [1.82, 2.24) is 14.9 Å². The van der Waals surface area contributed by atoms with Crippen molar-refractivity contribution in [1.29, 1.82) is 0 Å². The van der Waals surface area contributed by atoms with Crippen LogP contribution in [0.15, 0.2) is 41.2 Å². The van der Waals surface area contributed by atoms with Crippen LogP contribution < -0.4 is 0 Å². The van der Waals surface area contributed by atoms with Crippen LogP contribution in [-0.4, -0.2) is 39.6 Å². The Morgan fingerprint density at radius 1 is 1.23 bits per heavy atom. The van der Waals surface area contributed by atoms with Gasteiger partial charge in [-0.3, -0.25) is 19.6 Å². The first kappa shape index (κ1) is 20.3. The predicted molar refractivity (Wildman–Crippen MR) is 123 cm³/mol. The van der Waals surface area contributed by atoms with Crippen LogP contribution in [0.3, 0.4) is 0 Å². The molecule has 1 fully saturated rings. The Morgan fingerprint density at radius 3 is 2.81 bits per heavy atom. The molecule has 0 bridgehead atoms. The van der Waals surface area contributed by atoms with E-state index in [0.29, 0.717) is 30.9 Å². The average Bonchev–Trinajstić information content (AvgIpc) is 3.51. The number of rotatable bonds is 5. The smallest absolute Gasteiger partial charge is 0.255 e. The molecule has 3 heterocycles. The largest absolute Gasteiger partial charge is 0.334 e. The maximum atomic E-state index is 13.0. The van der Waals surface area contributed by atoms with E-state index in [4.69, 9.17) is 4.98 Å². The summed E-state index contributed by atoms with van der Waals surface area (Å²) >= 11 is 3.39. The highest BCUT2D eigenvalue weighted by atomic mass is 79.9. The molecule has 0 saturated heterocycles. The number of Topliss-reactive ketones (excluding diaryl/α,β-unsaturated/α-hetero) is 1. The molecule has 2 aromatic heterocycles. The van der Waals surface area contributed by atoms with Crippen LogP contribution in [-0.2, 0) is 17.6 Å². The monoisotopic (exact) mass is 477 g/mol. The second kappa shape index (κ2) is 8.15. The van der Waals surface area contributed by atoms with Crippen LogP contribution in [0.2, 0.25) is 0 Å². The standard InChI is InChI=1S/C25H24BrN3O2/c1-15-14-29(25(31)17-9-18(26)13-27-12-17)8-7-20(15)22-10-19(11-24(30)16-5-6-16)28-23-4-2-3-21(22)23/h2-3,7,9-10,12-13,15-16H,4-6,8,11,14H2,1H3. The molecule has 0 aromatic carbocycles. The summed E-state index contributed by atoms with van der Waals surface area (Å²) in [7, 11) is 0. The van der Waals surface area contributed by atoms with Gasteiger partial charge in [-0.25, -0.2) is 0 Å². The lowest BCUT2D eigenvalue weighted by Crippen LogP contribution is -2.38. The van der Waals surface area contributed by atoms with Gasteiger partial charge >= 0.3 is 0 Å². The second-order valence-corrected chi connectivity index (χ2v) is 9.62. The van der Waals surface area contributed by atoms with E-state index in [1.165, 1.54) is 11.1 Å². The van der Waals surface area contributed by atoms with Crippen LogP contribution in [0.25, 0.3) is 11.6 Å². The van der Waals surface area contributed by atoms with Gasteiger partial charge in [-0.15, -0.1) is 0 Å². The van der Waals surface area contributed by atoms with Gasteiger partial charge in [-0.05, 0) is 58.0 Å². The van der Waals surface area contributed by atoms with E-state index in [1.807, 2.05) is 11.0 Å². The fourth-order valence-electron chi connectivity index (χ4n) is 4.52. The Hall–Kier alpha value is -2.60. The van der Waals surface area contributed by atoms with Crippen LogP contribution >= 0.6 is 15.9 Å². The summed E-state index contributed by atoms with van der Waals surface area (Å²) in [6.45, 7) is 3.36. The highest BCUT2D eigenvalue weighted by Crippen LogP contribution is 2.36. The molecule has 2 aromatic rings. The van der Waals surface area contributed by atoms with Gasteiger partial charge in [0.1, 0.15) is 5.78 Å².